The summed E-state index contributed by atoms with van der Waals surface area (Å²) in [5.41, 5.74) is 4.66. The molecular formula is C30H28ClN5O8. The van der Waals surface area contributed by atoms with E-state index in [1.165, 1.54) is 20.3 Å². The number of H-pyrrole nitrogens is 1. The average Bonchev–Trinajstić information content (AvgIpc) is 3.70. The van der Waals surface area contributed by atoms with Gasteiger partial charge in [-0.15, -0.1) is 5.10 Å². The molecule has 2 aromatic carbocycles. The molecule has 1 spiro atoms. The number of nitrogens with one attached hydrogen (secondary N) is 2. The van der Waals surface area contributed by atoms with Crippen LogP contribution in [0.25, 0.3) is 11.3 Å². The molecule has 228 valence electrons. The van der Waals surface area contributed by atoms with E-state index in [9.17, 15) is 14.4 Å². The molecule has 1 amide bonds. The van der Waals surface area contributed by atoms with E-state index in [-0.39, 0.29) is 58.7 Å². The number of benzene rings is 2. The van der Waals surface area contributed by atoms with E-state index >= 15 is 0 Å². The van der Waals surface area contributed by atoms with Gasteiger partial charge < -0.3 is 34.4 Å². The lowest BCUT2D eigenvalue weighted by Gasteiger charge is -2.35. The number of nitrogens with zero attached hydrogens (tertiary/aromatic N) is 2. The summed E-state index contributed by atoms with van der Waals surface area (Å²) in [6, 6.07) is 8.47. The number of furan rings is 1. The first kappa shape index (κ1) is 29.1. The number of hydrogen-bond acceptors (Lipinski definition) is 11. The lowest BCUT2D eigenvalue weighted by molar-refractivity contribution is -0.120. The van der Waals surface area contributed by atoms with Crippen LogP contribution in [0.4, 0.5) is 5.95 Å². The van der Waals surface area contributed by atoms with Crippen molar-refractivity contribution in [1.29, 1.82) is 0 Å². The van der Waals surface area contributed by atoms with Crippen LogP contribution in [0.3, 0.4) is 0 Å². The first-order chi connectivity index (χ1) is 21.1. The Bertz CT molecular complexity index is 1810. The van der Waals surface area contributed by atoms with Crippen LogP contribution in [0.5, 0.6) is 23.0 Å². The smallest absolute Gasteiger partial charge is 0.239 e. The maximum absolute atomic E-state index is 14.6. The zero-order valence-corrected chi connectivity index (χ0v) is 25.0. The minimum absolute atomic E-state index is 0.000938. The maximum atomic E-state index is 14.6. The molecule has 1 aliphatic heterocycles. The standard InChI is InChI=1S/C30H28ClN5O8/c1-13-9-18-22(27(38)30(13)28(39)23-17(41-3)11-19(42-4)24(31)26(23)44-30)16(10-21(37)33-12-20-34-29(32)36-35-20)25(43-18)14-5-7-15(40-2)8-6-14/h5-8,11,13H,9-10,12H2,1-4H3,(H,33,37)(H3,32,34,35,36)/t13-,30+/m1/s1. The number of anilines is 1. The quantitative estimate of drug-likeness (QED) is 0.245. The second-order valence-corrected chi connectivity index (χ2v) is 10.8. The van der Waals surface area contributed by atoms with Crippen molar-refractivity contribution in [3.05, 3.63) is 63.6 Å². The van der Waals surface area contributed by atoms with Gasteiger partial charge in [-0.1, -0.05) is 18.5 Å². The summed E-state index contributed by atoms with van der Waals surface area (Å²) >= 11 is 6.57. The highest BCUT2D eigenvalue weighted by Gasteiger charge is 2.63. The monoisotopic (exact) mass is 621 g/mol. The molecule has 14 heteroatoms. The van der Waals surface area contributed by atoms with E-state index < -0.39 is 29.0 Å². The first-order valence-corrected chi connectivity index (χ1v) is 14.0. The number of halogens is 1. The Balaban J connectivity index is 1.44. The van der Waals surface area contributed by atoms with Gasteiger partial charge in [-0.3, -0.25) is 19.5 Å². The largest absolute Gasteiger partial charge is 0.497 e. The predicted octanol–water partition coefficient (Wildman–Crippen LogP) is 3.57. The van der Waals surface area contributed by atoms with Crippen molar-refractivity contribution < 1.29 is 37.7 Å². The summed E-state index contributed by atoms with van der Waals surface area (Å²) in [5.74, 6) is -0.284. The van der Waals surface area contributed by atoms with Gasteiger partial charge in [0.25, 0.3) is 0 Å². The second-order valence-electron chi connectivity index (χ2n) is 10.4. The van der Waals surface area contributed by atoms with Gasteiger partial charge in [-0.25, -0.2) is 0 Å². The van der Waals surface area contributed by atoms with Crippen LogP contribution in [0.15, 0.2) is 34.7 Å². The van der Waals surface area contributed by atoms with Gasteiger partial charge in [0.1, 0.15) is 45.2 Å². The molecule has 0 saturated carbocycles. The van der Waals surface area contributed by atoms with E-state index in [0.717, 1.165) is 0 Å². The molecule has 6 rings (SSSR count). The average molecular weight is 622 g/mol. The third-order valence-corrected chi connectivity index (χ3v) is 8.30. The van der Waals surface area contributed by atoms with Crippen molar-refractivity contribution in [2.45, 2.75) is 31.9 Å². The first-order valence-electron chi connectivity index (χ1n) is 13.6. The summed E-state index contributed by atoms with van der Waals surface area (Å²) in [5, 5.41) is 9.17. The molecule has 44 heavy (non-hydrogen) atoms. The third kappa shape index (κ3) is 4.42. The number of nitrogens with two attached hydrogens (primary N) is 1. The molecule has 2 aliphatic rings. The Kier molecular flexibility index (Phi) is 7.20. The molecule has 4 N–H and O–H groups in total. The van der Waals surface area contributed by atoms with Gasteiger partial charge >= 0.3 is 0 Å². The number of hydrogen-bond donors (Lipinski definition) is 3. The molecule has 2 atom stereocenters. The molecule has 0 radical (unpaired) electrons. The summed E-state index contributed by atoms with van der Waals surface area (Å²) in [4.78, 5) is 46.1. The number of carbonyl (C=O) groups is 3. The molecular weight excluding hydrogens is 594 g/mol. The zero-order chi connectivity index (χ0) is 31.3. The van der Waals surface area contributed by atoms with E-state index in [1.54, 1.807) is 38.3 Å². The summed E-state index contributed by atoms with van der Waals surface area (Å²) in [7, 11) is 4.36. The van der Waals surface area contributed by atoms with Crippen LogP contribution in [0, 0.1) is 5.92 Å². The van der Waals surface area contributed by atoms with Gasteiger partial charge in [-0.2, -0.15) is 4.98 Å². The number of nitrogen functional groups attached to an aromatic ring is 1. The normalized spacial score (nSPS) is 18.5. The predicted molar refractivity (Wildman–Crippen MR) is 156 cm³/mol. The molecule has 3 heterocycles. The van der Waals surface area contributed by atoms with Crippen molar-refractivity contribution >= 4 is 35.0 Å². The van der Waals surface area contributed by atoms with Gasteiger partial charge in [0.2, 0.25) is 29.0 Å². The minimum atomic E-state index is -1.97. The number of rotatable bonds is 8. The van der Waals surface area contributed by atoms with Crippen LogP contribution < -0.4 is 30.0 Å². The lowest BCUT2D eigenvalue weighted by Crippen LogP contribution is -2.56. The van der Waals surface area contributed by atoms with E-state index in [2.05, 4.69) is 20.5 Å². The number of ketones is 2. The van der Waals surface area contributed by atoms with Gasteiger partial charge in [-0.05, 0) is 24.3 Å². The molecule has 0 saturated heterocycles. The highest BCUT2D eigenvalue weighted by molar-refractivity contribution is 6.36. The number of Topliss-reactive ketones (excluding diaryl/α,β-unsaturated/α-hetero) is 2. The fourth-order valence-electron chi connectivity index (χ4n) is 5.77. The zero-order valence-electron chi connectivity index (χ0n) is 24.2. The van der Waals surface area contributed by atoms with Gasteiger partial charge in [0, 0.05) is 29.5 Å². The number of ether oxygens (including phenoxy) is 4. The Morgan fingerprint density at radius 1 is 1.11 bits per heavy atom. The molecule has 2 aromatic heterocycles. The van der Waals surface area contributed by atoms with Crippen LogP contribution in [-0.4, -0.2) is 59.6 Å². The maximum Gasteiger partial charge on any atom is 0.239 e. The third-order valence-electron chi connectivity index (χ3n) is 7.94. The number of aromatic amines is 1. The summed E-state index contributed by atoms with van der Waals surface area (Å²) < 4.78 is 28.7. The van der Waals surface area contributed by atoms with Crippen molar-refractivity contribution in [3.8, 4) is 34.3 Å². The van der Waals surface area contributed by atoms with Gasteiger partial charge in [0.05, 0.1) is 39.9 Å². The lowest BCUT2D eigenvalue weighted by atomic mass is 9.70. The Hall–Kier alpha value is -5.04. The Labute approximate surface area is 256 Å². The van der Waals surface area contributed by atoms with Crippen LogP contribution in [0.1, 0.15) is 44.8 Å². The summed E-state index contributed by atoms with van der Waals surface area (Å²) in [6.07, 6.45) is -0.0843. The van der Waals surface area contributed by atoms with Crippen molar-refractivity contribution in [2.75, 3.05) is 27.1 Å². The molecule has 13 nitrogen and oxygen atoms in total. The molecule has 0 bridgehead atoms. The summed E-state index contributed by atoms with van der Waals surface area (Å²) in [6.45, 7) is 1.75. The molecule has 1 aliphatic carbocycles. The highest BCUT2D eigenvalue weighted by atomic mass is 35.5. The molecule has 4 aromatic rings. The van der Waals surface area contributed by atoms with Crippen LogP contribution >= 0.6 is 11.6 Å². The van der Waals surface area contributed by atoms with Crippen LogP contribution in [0.2, 0.25) is 5.02 Å². The highest BCUT2D eigenvalue weighted by Crippen LogP contribution is 2.54. The van der Waals surface area contributed by atoms with E-state index in [0.29, 0.717) is 34.2 Å². The number of amides is 1. The number of aromatic nitrogens is 3. The SMILES string of the molecule is COc1ccc(-c2oc3c(c2CC(=O)NCc2nc(N)n[nH]2)C(=O)[C@@]2(Oc4c(Cl)c(OC)cc(OC)c4C2=O)[C@H](C)C3)cc1. The molecule has 0 unspecified atom stereocenters. The van der Waals surface area contributed by atoms with Crippen LogP contribution in [-0.2, 0) is 24.2 Å². The number of methoxy groups -OCH3 is 3. The topological polar surface area (TPSA) is 181 Å². The molecule has 0 fully saturated rings. The van der Waals surface area contributed by atoms with Crippen molar-refractivity contribution in [1.82, 2.24) is 20.5 Å². The fourth-order valence-corrected chi connectivity index (χ4v) is 6.04. The van der Waals surface area contributed by atoms with Crippen molar-refractivity contribution in [2.24, 2.45) is 5.92 Å². The Morgan fingerprint density at radius 3 is 2.45 bits per heavy atom. The van der Waals surface area contributed by atoms with E-state index in [1.807, 2.05) is 0 Å². The number of carbonyl (C=O) groups excluding carboxylic acids is 3. The Morgan fingerprint density at radius 2 is 1.82 bits per heavy atom. The van der Waals surface area contributed by atoms with Crippen molar-refractivity contribution in [3.63, 3.8) is 0 Å². The van der Waals surface area contributed by atoms with Gasteiger partial charge in [0.15, 0.2) is 5.75 Å². The minimum Gasteiger partial charge on any atom is -0.497 e. The second kappa shape index (κ2) is 10.9. The van der Waals surface area contributed by atoms with E-state index in [4.69, 9.17) is 40.7 Å². The fraction of sp³-hybridized carbons (Fsp3) is 0.300. The number of fused-ring (bicyclic) bond motifs is 2.